The molecule has 0 aromatic heterocycles. The summed E-state index contributed by atoms with van der Waals surface area (Å²) in [6, 6.07) is 0. The van der Waals surface area contributed by atoms with Crippen LogP contribution in [0.1, 0.15) is 32.1 Å². The van der Waals surface area contributed by atoms with Gasteiger partial charge in [-0.3, -0.25) is 0 Å². The van der Waals surface area contributed by atoms with Crippen molar-refractivity contribution < 1.29 is 9.84 Å². The Hall–Kier alpha value is -0.340. The lowest BCUT2D eigenvalue weighted by molar-refractivity contribution is -0.0247. The molecule has 2 fully saturated rings. The molecule has 3 atom stereocenters. The zero-order valence-electron chi connectivity index (χ0n) is 8.54. The highest BCUT2D eigenvalue weighted by atomic mass is 16.5. The average molecular weight is 194 g/mol. The van der Waals surface area contributed by atoms with Gasteiger partial charge in [-0.1, -0.05) is 6.08 Å². The van der Waals surface area contributed by atoms with Crippen LogP contribution in [0.3, 0.4) is 0 Å². The molecule has 0 amide bonds. The van der Waals surface area contributed by atoms with Crippen LogP contribution < -0.4 is 0 Å². The Morgan fingerprint density at radius 1 is 1.50 bits per heavy atom. The Morgan fingerprint density at radius 2 is 2.43 bits per heavy atom. The maximum Gasteiger partial charge on any atom is 0.0898 e. The number of aliphatic hydroxyl groups excluding tert-OH is 1. The molecule has 2 saturated carbocycles. The summed E-state index contributed by atoms with van der Waals surface area (Å²) in [6.07, 6.45) is 8.77. The van der Waals surface area contributed by atoms with E-state index in [0.29, 0.717) is 6.61 Å². The van der Waals surface area contributed by atoms with Crippen LogP contribution in [0.2, 0.25) is 0 Å². The van der Waals surface area contributed by atoms with Gasteiger partial charge in [-0.15, -0.1) is 0 Å². The Morgan fingerprint density at radius 3 is 3.29 bits per heavy atom. The first-order chi connectivity index (χ1) is 6.86. The van der Waals surface area contributed by atoms with Gasteiger partial charge in [0.2, 0.25) is 0 Å². The Balaban J connectivity index is 1.84. The Kier molecular flexibility index (Phi) is 1.96. The number of aliphatic hydroxyl groups is 1. The first-order valence-electron chi connectivity index (χ1n) is 5.81. The Labute approximate surface area is 85.0 Å². The lowest BCUT2D eigenvalue weighted by Crippen LogP contribution is -2.31. The number of hydrogen-bond donors (Lipinski definition) is 1. The molecule has 0 aromatic rings. The smallest absolute Gasteiger partial charge is 0.0898 e. The van der Waals surface area contributed by atoms with Crippen LogP contribution >= 0.6 is 0 Å². The van der Waals surface area contributed by atoms with Gasteiger partial charge in [0.1, 0.15) is 0 Å². The molecule has 3 aliphatic carbocycles. The fourth-order valence-corrected chi connectivity index (χ4v) is 3.85. The van der Waals surface area contributed by atoms with Crippen molar-refractivity contribution in [3.8, 4) is 0 Å². The van der Waals surface area contributed by atoms with Crippen LogP contribution in [-0.4, -0.2) is 23.9 Å². The number of fused-ring (bicyclic) bond motifs is 5. The standard InChI is InChI=1S/C12H18O2/c13-6-7-14-12-5-4-9(8-12)10-2-1-3-11(10)12/h3,9-10,13H,1-2,4-8H2. The second-order valence-electron chi connectivity index (χ2n) is 4.91. The van der Waals surface area contributed by atoms with E-state index in [0.717, 1.165) is 11.8 Å². The predicted octanol–water partition coefficient (Wildman–Crippen LogP) is 1.88. The molecule has 1 N–H and O–H groups in total. The molecule has 2 heteroatoms. The van der Waals surface area contributed by atoms with Gasteiger partial charge in [0.05, 0.1) is 18.8 Å². The fraction of sp³-hybridized carbons (Fsp3) is 0.833. The molecule has 0 saturated heterocycles. The molecule has 2 bridgehead atoms. The van der Waals surface area contributed by atoms with E-state index in [2.05, 4.69) is 6.08 Å². The van der Waals surface area contributed by atoms with Crippen LogP contribution in [0.15, 0.2) is 11.6 Å². The number of hydrogen-bond acceptors (Lipinski definition) is 2. The number of rotatable bonds is 3. The summed E-state index contributed by atoms with van der Waals surface area (Å²) in [5, 5.41) is 8.85. The number of allylic oxidation sites excluding steroid dienone is 1. The molecule has 3 unspecified atom stereocenters. The molecule has 78 valence electrons. The molecule has 0 spiro atoms. The highest BCUT2D eigenvalue weighted by Gasteiger charge is 2.55. The minimum Gasteiger partial charge on any atom is -0.394 e. The zero-order valence-corrected chi connectivity index (χ0v) is 8.54. The maximum atomic E-state index is 8.85. The largest absolute Gasteiger partial charge is 0.394 e. The lowest BCUT2D eigenvalue weighted by atomic mass is 9.84. The van der Waals surface area contributed by atoms with Crippen LogP contribution in [0.4, 0.5) is 0 Å². The second kappa shape index (κ2) is 3.07. The van der Waals surface area contributed by atoms with E-state index in [4.69, 9.17) is 9.84 Å². The van der Waals surface area contributed by atoms with E-state index in [1.807, 2.05) is 0 Å². The lowest BCUT2D eigenvalue weighted by Gasteiger charge is -2.31. The van der Waals surface area contributed by atoms with E-state index in [-0.39, 0.29) is 12.2 Å². The molecule has 3 rings (SSSR count). The summed E-state index contributed by atoms with van der Waals surface area (Å²) in [7, 11) is 0. The van der Waals surface area contributed by atoms with E-state index >= 15 is 0 Å². The summed E-state index contributed by atoms with van der Waals surface area (Å²) in [5.41, 5.74) is 1.65. The topological polar surface area (TPSA) is 29.5 Å². The van der Waals surface area contributed by atoms with Crippen molar-refractivity contribution in [2.75, 3.05) is 13.2 Å². The molecule has 0 aromatic carbocycles. The third kappa shape index (κ3) is 1.04. The van der Waals surface area contributed by atoms with Gasteiger partial charge in [-0.25, -0.2) is 0 Å². The molecular weight excluding hydrogens is 176 g/mol. The van der Waals surface area contributed by atoms with Crippen molar-refractivity contribution in [3.63, 3.8) is 0 Å². The van der Waals surface area contributed by atoms with Crippen molar-refractivity contribution in [3.05, 3.63) is 11.6 Å². The van der Waals surface area contributed by atoms with Crippen molar-refractivity contribution in [2.45, 2.75) is 37.7 Å². The van der Waals surface area contributed by atoms with E-state index in [9.17, 15) is 0 Å². The van der Waals surface area contributed by atoms with Gasteiger partial charge in [-0.2, -0.15) is 0 Å². The summed E-state index contributed by atoms with van der Waals surface area (Å²) < 4.78 is 5.93. The van der Waals surface area contributed by atoms with Crippen LogP contribution in [0, 0.1) is 11.8 Å². The molecular formula is C12H18O2. The van der Waals surface area contributed by atoms with Crippen LogP contribution in [-0.2, 0) is 4.74 Å². The first kappa shape index (κ1) is 8.93. The number of ether oxygens (including phenoxy) is 1. The van der Waals surface area contributed by atoms with Gasteiger partial charge in [-0.05, 0) is 49.5 Å². The minimum atomic E-state index is 0.0641. The van der Waals surface area contributed by atoms with Gasteiger partial charge in [0.25, 0.3) is 0 Å². The molecule has 0 radical (unpaired) electrons. The zero-order chi connectivity index (χ0) is 9.60. The fourth-order valence-electron chi connectivity index (χ4n) is 3.85. The van der Waals surface area contributed by atoms with E-state index < -0.39 is 0 Å². The molecule has 0 aliphatic heterocycles. The van der Waals surface area contributed by atoms with Gasteiger partial charge in [0, 0.05) is 0 Å². The van der Waals surface area contributed by atoms with Gasteiger partial charge >= 0.3 is 0 Å². The van der Waals surface area contributed by atoms with Crippen molar-refractivity contribution in [1.29, 1.82) is 0 Å². The second-order valence-corrected chi connectivity index (χ2v) is 4.91. The van der Waals surface area contributed by atoms with Crippen LogP contribution in [0.5, 0.6) is 0 Å². The predicted molar refractivity (Wildman–Crippen MR) is 53.9 cm³/mol. The highest BCUT2D eigenvalue weighted by molar-refractivity contribution is 5.33. The summed E-state index contributed by atoms with van der Waals surface area (Å²) in [5.74, 6) is 1.73. The third-order valence-corrected chi connectivity index (χ3v) is 4.32. The van der Waals surface area contributed by atoms with Crippen molar-refractivity contribution >= 4 is 0 Å². The van der Waals surface area contributed by atoms with E-state index in [1.165, 1.54) is 32.1 Å². The minimum absolute atomic E-state index is 0.0641. The monoisotopic (exact) mass is 194 g/mol. The van der Waals surface area contributed by atoms with Crippen LogP contribution in [0.25, 0.3) is 0 Å². The average Bonchev–Trinajstić information content (AvgIpc) is 2.86. The van der Waals surface area contributed by atoms with Gasteiger partial charge in [0.15, 0.2) is 0 Å². The maximum absolute atomic E-state index is 8.85. The summed E-state index contributed by atoms with van der Waals surface area (Å²) in [6.45, 7) is 0.668. The first-order valence-corrected chi connectivity index (χ1v) is 5.81. The quantitative estimate of drug-likeness (QED) is 0.695. The third-order valence-electron chi connectivity index (χ3n) is 4.32. The van der Waals surface area contributed by atoms with E-state index in [1.54, 1.807) is 5.57 Å². The Bertz CT molecular complexity index is 271. The normalized spacial score (nSPS) is 44.2. The highest BCUT2D eigenvalue weighted by Crippen LogP contribution is 2.60. The van der Waals surface area contributed by atoms with Crippen molar-refractivity contribution in [1.82, 2.24) is 0 Å². The van der Waals surface area contributed by atoms with Crippen molar-refractivity contribution in [2.24, 2.45) is 11.8 Å². The summed E-state index contributed by atoms with van der Waals surface area (Å²) >= 11 is 0. The molecule has 3 aliphatic rings. The SMILES string of the molecule is OCCOC12CCC(C1)C1CCC=C12. The summed E-state index contributed by atoms with van der Waals surface area (Å²) in [4.78, 5) is 0. The van der Waals surface area contributed by atoms with Gasteiger partial charge < -0.3 is 9.84 Å². The molecule has 2 nitrogen and oxygen atoms in total. The molecule has 14 heavy (non-hydrogen) atoms. The molecule has 0 heterocycles.